The van der Waals surface area contributed by atoms with E-state index in [1.165, 1.54) is 5.56 Å². The highest BCUT2D eigenvalue weighted by atomic mass is 15.2. The third-order valence-electron chi connectivity index (χ3n) is 2.74. The van der Waals surface area contributed by atoms with Gasteiger partial charge in [0.25, 0.3) is 0 Å². The van der Waals surface area contributed by atoms with E-state index in [9.17, 15) is 0 Å². The van der Waals surface area contributed by atoms with Crippen LogP contribution in [0, 0.1) is 0 Å². The monoisotopic (exact) mass is 216 g/mol. The van der Waals surface area contributed by atoms with Gasteiger partial charge in [-0.1, -0.05) is 19.1 Å². The largest absolute Gasteiger partial charge is 0.382 e. The predicted octanol–water partition coefficient (Wildman–Crippen LogP) is 2.32. The van der Waals surface area contributed by atoms with E-state index in [1.807, 2.05) is 11.9 Å². The molecule has 0 atom stereocenters. The van der Waals surface area contributed by atoms with Gasteiger partial charge in [-0.3, -0.25) is 5.10 Å². The Morgan fingerprint density at radius 1 is 1.31 bits per heavy atom. The van der Waals surface area contributed by atoms with Crippen molar-refractivity contribution in [2.45, 2.75) is 13.3 Å². The maximum absolute atomic E-state index is 5.78. The smallest absolute Gasteiger partial charge is 0.143 e. The SMILES string of the molecule is CCc1ccc(N(C)c2cn[nH]c2N)cc1. The fraction of sp³-hybridized carbons (Fsp3) is 0.250. The van der Waals surface area contributed by atoms with E-state index >= 15 is 0 Å². The standard InChI is InChI=1S/C12H16N4/c1-3-9-4-6-10(7-5-9)16(2)11-8-14-15-12(11)13/h4-8H,3H2,1-2H3,(H3,13,14,15). The Balaban J connectivity index is 2.27. The molecule has 2 aromatic rings. The van der Waals surface area contributed by atoms with E-state index in [2.05, 4.69) is 41.4 Å². The molecule has 1 aromatic heterocycles. The molecule has 0 unspecified atom stereocenters. The fourth-order valence-corrected chi connectivity index (χ4v) is 1.65. The minimum atomic E-state index is 0.585. The predicted molar refractivity (Wildman–Crippen MR) is 66.9 cm³/mol. The molecule has 4 heteroatoms. The molecule has 3 N–H and O–H groups in total. The first-order valence-corrected chi connectivity index (χ1v) is 5.34. The highest BCUT2D eigenvalue weighted by Crippen LogP contribution is 2.26. The van der Waals surface area contributed by atoms with E-state index < -0.39 is 0 Å². The Morgan fingerprint density at radius 2 is 2.00 bits per heavy atom. The van der Waals surface area contributed by atoms with Crippen molar-refractivity contribution in [1.82, 2.24) is 10.2 Å². The average Bonchev–Trinajstić information content (AvgIpc) is 2.75. The van der Waals surface area contributed by atoms with Crippen LogP contribution in [0.3, 0.4) is 0 Å². The van der Waals surface area contributed by atoms with Crippen molar-refractivity contribution in [2.24, 2.45) is 0 Å². The van der Waals surface area contributed by atoms with Crippen molar-refractivity contribution in [3.63, 3.8) is 0 Å². The molecular weight excluding hydrogens is 200 g/mol. The zero-order chi connectivity index (χ0) is 11.5. The minimum absolute atomic E-state index is 0.585. The average molecular weight is 216 g/mol. The van der Waals surface area contributed by atoms with Gasteiger partial charge in [0.1, 0.15) is 11.5 Å². The first-order chi connectivity index (χ1) is 7.72. The highest BCUT2D eigenvalue weighted by Gasteiger charge is 2.08. The van der Waals surface area contributed by atoms with E-state index in [0.717, 1.165) is 17.8 Å². The summed E-state index contributed by atoms with van der Waals surface area (Å²) in [6, 6.07) is 8.43. The number of hydrogen-bond donors (Lipinski definition) is 2. The number of nitrogen functional groups attached to an aromatic ring is 1. The summed E-state index contributed by atoms with van der Waals surface area (Å²) < 4.78 is 0. The van der Waals surface area contributed by atoms with Crippen LogP contribution in [0.5, 0.6) is 0 Å². The number of aromatic amines is 1. The molecule has 0 aliphatic heterocycles. The van der Waals surface area contributed by atoms with E-state index in [4.69, 9.17) is 5.73 Å². The first-order valence-electron chi connectivity index (χ1n) is 5.34. The van der Waals surface area contributed by atoms with Gasteiger partial charge in [-0.05, 0) is 24.1 Å². The molecule has 0 bridgehead atoms. The number of nitrogens with two attached hydrogens (primary N) is 1. The molecule has 0 amide bonds. The van der Waals surface area contributed by atoms with Crippen LogP contribution in [0.4, 0.5) is 17.2 Å². The lowest BCUT2D eigenvalue weighted by Crippen LogP contribution is -2.10. The second kappa shape index (κ2) is 4.26. The summed E-state index contributed by atoms with van der Waals surface area (Å²) in [4.78, 5) is 2.01. The quantitative estimate of drug-likeness (QED) is 0.827. The molecule has 16 heavy (non-hydrogen) atoms. The third-order valence-corrected chi connectivity index (χ3v) is 2.74. The Hall–Kier alpha value is -1.97. The summed E-state index contributed by atoms with van der Waals surface area (Å²) >= 11 is 0. The van der Waals surface area contributed by atoms with Gasteiger partial charge in [0.05, 0.1) is 6.20 Å². The minimum Gasteiger partial charge on any atom is -0.382 e. The van der Waals surface area contributed by atoms with E-state index in [-0.39, 0.29) is 0 Å². The van der Waals surface area contributed by atoms with Crippen molar-refractivity contribution in [3.05, 3.63) is 36.0 Å². The Labute approximate surface area is 95.1 Å². The summed E-state index contributed by atoms with van der Waals surface area (Å²) in [5.41, 5.74) is 9.10. The number of rotatable bonds is 3. The van der Waals surface area contributed by atoms with Crippen LogP contribution in [-0.4, -0.2) is 17.2 Å². The molecule has 0 radical (unpaired) electrons. The van der Waals surface area contributed by atoms with Crippen molar-refractivity contribution in [2.75, 3.05) is 17.7 Å². The molecule has 0 aliphatic rings. The van der Waals surface area contributed by atoms with Crippen LogP contribution >= 0.6 is 0 Å². The molecule has 1 heterocycles. The molecular formula is C12H16N4. The number of aryl methyl sites for hydroxylation is 1. The number of nitrogens with one attached hydrogen (secondary N) is 1. The van der Waals surface area contributed by atoms with Crippen LogP contribution in [-0.2, 0) is 6.42 Å². The van der Waals surface area contributed by atoms with Gasteiger partial charge >= 0.3 is 0 Å². The second-order valence-electron chi connectivity index (χ2n) is 3.75. The van der Waals surface area contributed by atoms with Gasteiger partial charge in [0.15, 0.2) is 0 Å². The zero-order valence-electron chi connectivity index (χ0n) is 9.57. The zero-order valence-corrected chi connectivity index (χ0v) is 9.57. The summed E-state index contributed by atoms with van der Waals surface area (Å²) in [7, 11) is 1.97. The number of benzene rings is 1. The number of anilines is 3. The van der Waals surface area contributed by atoms with Crippen LogP contribution in [0.2, 0.25) is 0 Å². The van der Waals surface area contributed by atoms with Gasteiger partial charge in [-0.25, -0.2) is 0 Å². The van der Waals surface area contributed by atoms with Gasteiger partial charge < -0.3 is 10.6 Å². The maximum Gasteiger partial charge on any atom is 0.143 e. The molecule has 4 nitrogen and oxygen atoms in total. The lowest BCUT2D eigenvalue weighted by molar-refractivity contribution is 1.10. The number of aromatic nitrogens is 2. The molecule has 0 saturated carbocycles. The number of nitrogens with zero attached hydrogens (tertiary/aromatic N) is 2. The first kappa shape index (κ1) is 10.5. The Kier molecular flexibility index (Phi) is 2.81. The van der Waals surface area contributed by atoms with Crippen molar-refractivity contribution in [1.29, 1.82) is 0 Å². The summed E-state index contributed by atoms with van der Waals surface area (Å²) in [5, 5.41) is 6.64. The molecule has 0 aliphatic carbocycles. The van der Waals surface area contributed by atoms with E-state index in [1.54, 1.807) is 6.20 Å². The molecule has 0 spiro atoms. The molecule has 2 rings (SSSR count). The van der Waals surface area contributed by atoms with E-state index in [0.29, 0.717) is 5.82 Å². The molecule has 0 fully saturated rings. The normalized spacial score (nSPS) is 10.4. The topological polar surface area (TPSA) is 57.9 Å². The lowest BCUT2D eigenvalue weighted by atomic mass is 10.1. The van der Waals surface area contributed by atoms with Gasteiger partial charge in [0.2, 0.25) is 0 Å². The van der Waals surface area contributed by atoms with Crippen molar-refractivity contribution >= 4 is 17.2 Å². The third kappa shape index (κ3) is 1.86. The van der Waals surface area contributed by atoms with Crippen molar-refractivity contribution < 1.29 is 0 Å². The van der Waals surface area contributed by atoms with Crippen LogP contribution in [0.15, 0.2) is 30.5 Å². The van der Waals surface area contributed by atoms with Crippen LogP contribution < -0.4 is 10.6 Å². The van der Waals surface area contributed by atoms with Gasteiger partial charge in [0, 0.05) is 12.7 Å². The van der Waals surface area contributed by atoms with Crippen LogP contribution in [0.1, 0.15) is 12.5 Å². The number of H-pyrrole nitrogens is 1. The van der Waals surface area contributed by atoms with Gasteiger partial charge in [-0.15, -0.1) is 0 Å². The van der Waals surface area contributed by atoms with Crippen LogP contribution in [0.25, 0.3) is 0 Å². The number of hydrogen-bond acceptors (Lipinski definition) is 3. The fourth-order valence-electron chi connectivity index (χ4n) is 1.65. The highest BCUT2D eigenvalue weighted by molar-refractivity contribution is 5.70. The molecule has 84 valence electrons. The summed E-state index contributed by atoms with van der Waals surface area (Å²) in [5.74, 6) is 0.585. The lowest BCUT2D eigenvalue weighted by Gasteiger charge is -2.18. The Bertz CT molecular complexity index is 458. The molecule has 0 saturated heterocycles. The second-order valence-corrected chi connectivity index (χ2v) is 3.75. The molecule has 1 aromatic carbocycles. The van der Waals surface area contributed by atoms with Crippen molar-refractivity contribution in [3.8, 4) is 0 Å². The summed E-state index contributed by atoms with van der Waals surface area (Å²) in [6.45, 7) is 2.15. The summed E-state index contributed by atoms with van der Waals surface area (Å²) in [6.07, 6.45) is 2.78. The Morgan fingerprint density at radius 3 is 2.50 bits per heavy atom. The maximum atomic E-state index is 5.78. The van der Waals surface area contributed by atoms with Gasteiger partial charge in [-0.2, -0.15) is 5.10 Å².